The van der Waals surface area contributed by atoms with Crippen LogP contribution in [0, 0.1) is 11.6 Å². The zero-order valence-electron chi connectivity index (χ0n) is 23.5. The molecule has 1 aromatic heterocycles. The summed E-state index contributed by atoms with van der Waals surface area (Å²) < 4.78 is 50.0. The van der Waals surface area contributed by atoms with E-state index < -0.39 is 23.4 Å². The molecule has 0 saturated carbocycles. The van der Waals surface area contributed by atoms with E-state index in [-0.39, 0.29) is 36.1 Å². The first-order chi connectivity index (χ1) is 20.7. The average Bonchev–Trinajstić information content (AvgIpc) is 3.48. The van der Waals surface area contributed by atoms with Crippen LogP contribution < -0.4 is 9.47 Å². The molecule has 3 aliphatic rings. The quantitative estimate of drug-likeness (QED) is 0.234. The van der Waals surface area contributed by atoms with E-state index in [9.17, 15) is 14.3 Å². The molecule has 44 heavy (non-hydrogen) atoms. The van der Waals surface area contributed by atoms with E-state index in [0.29, 0.717) is 47.6 Å². The number of imidazole rings is 1. The lowest BCUT2D eigenvalue weighted by Crippen LogP contribution is -2.35. The van der Waals surface area contributed by atoms with Crippen molar-refractivity contribution in [2.24, 2.45) is 0 Å². The topological polar surface area (TPSA) is 86.1 Å². The van der Waals surface area contributed by atoms with Crippen molar-refractivity contribution in [3.05, 3.63) is 87.7 Å². The van der Waals surface area contributed by atoms with E-state index in [1.165, 1.54) is 12.1 Å². The Morgan fingerprint density at radius 1 is 1.11 bits per heavy atom. The van der Waals surface area contributed by atoms with Crippen LogP contribution in [-0.4, -0.2) is 51.3 Å². The van der Waals surface area contributed by atoms with Gasteiger partial charge >= 0.3 is 5.97 Å². The molecule has 0 bridgehead atoms. The van der Waals surface area contributed by atoms with Crippen molar-refractivity contribution in [3.63, 3.8) is 0 Å². The first-order valence-corrected chi connectivity index (χ1v) is 14.8. The number of aromatic carboxylic acids is 1. The number of nitrogens with zero attached hydrogens (tertiary/aromatic N) is 3. The minimum Gasteiger partial charge on any atom is -0.478 e. The van der Waals surface area contributed by atoms with E-state index in [1.807, 2.05) is 18.2 Å². The molecule has 232 valence electrons. The molecule has 4 heterocycles. The van der Waals surface area contributed by atoms with Crippen LogP contribution in [-0.2, 0) is 23.6 Å². The second-order valence-electron chi connectivity index (χ2n) is 11.5. The Balaban J connectivity index is 0.00000343. The number of para-hydroxylation sites is 1. The number of carboxylic acid groups (broad SMARTS) is 1. The second-order valence-corrected chi connectivity index (χ2v) is 12.0. The number of ether oxygens (including phenoxy) is 3. The van der Waals surface area contributed by atoms with Crippen molar-refractivity contribution in [2.75, 3.05) is 19.7 Å². The van der Waals surface area contributed by atoms with Crippen molar-refractivity contribution in [2.45, 2.75) is 64.5 Å². The molecule has 4 aromatic rings. The highest BCUT2D eigenvalue weighted by Crippen LogP contribution is 2.50. The summed E-state index contributed by atoms with van der Waals surface area (Å²) in [7, 11) is 0. The fourth-order valence-electron chi connectivity index (χ4n) is 6.38. The number of rotatable bonds is 7. The molecular formula is C33H34ClF2N3O5. The molecular weight excluding hydrogens is 592 g/mol. The van der Waals surface area contributed by atoms with Gasteiger partial charge in [-0.2, -0.15) is 0 Å². The van der Waals surface area contributed by atoms with Crippen LogP contribution in [0.15, 0.2) is 48.5 Å². The Bertz CT molecular complexity index is 1730. The molecule has 0 aliphatic carbocycles. The summed E-state index contributed by atoms with van der Waals surface area (Å²) in [5.41, 5.74) is 1.57. The molecule has 11 heteroatoms. The van der Waals surface area contributed by atoms with Gasteiger partial charge in [0.05, 0.1) is 35.8 Å². The highest BCUT2D eigenvalue weighted by atomic mass is 35.5. The van der Waals surface area contributed by atoms with E-state index in [2.05, 4.69) is 4.90 Å². The van der Waals surface area contributed by atoms with Gasteiger partial charge in [-0.1, -0.05) is 31.2 Å². The number of aromatic nitrogens is 2. The maximum Gasteiger partial charge on any atom is 0.338 e. The lowest BCUT2D eigenvalue weighted by molar-refractivity contribution is -0.0712. The van der Waals surface area contributed by atoms with E-state index in [1.54, 1.807) is 29.7 Å². The molecule has 3 aromatic carbocycles. The summed E-state index contributed by atoms with van der Waals surface area (Å²) in [5.74, 6) is -1.80. The zero-order chi connectivity index (χ0) is 29.9. The van der Waals surface area contributed by atoms with Gasteiger partial charge in [0.15, 0.2) is 17.3 Å². The highest BCUT2D eigenvalue weighted by molar-refractivity contribution is 6.30. The number of hydrogen-bond acceptors (Lipinski definition) is 6. The smallest absolute Gasteiger partial charge is 0.338 e. The van der Waals surface area contributed by atoms with E-state index in [4.69, 9.17) is 30.8 Å². The zero-order valence-corrected chi connectivity index (χ0v) is 24.2. The van der Waals surface area contributed by atoms with Crippen LogP contribution in [0.2, 0.25) is 5.02 Å². The monoisotopic (exact) mass is 625 g/mol. The van der Waals surface area contributed by atoms with E-state index >= 15 is 4.39 Å². The Morgan fingerprint density at radius 3 is 2.57 bits per heavy atom. The van der Waals surface area contributed by atoms with Gasteiger partial charge in [-0.3, -0.25) is 4.90 Å². The Labute approximate surface area is 259 Å². The molecule has 1 N–H and O–H groups in total. The number of piperidine rings is 1. The first-order valence-electron chi connectivity index (χ1n) is 14.4. The van der Waals surface area contributed by atoms with Crippen LogP contribution in [0.4, 0.5) is 8.78 Å². The molecule has 8 nitrogen and oxygen atoms in total. The summed E-state index contributed by atoms with van der Waals surface area (Å²) in [6.07, 6.45) is 2.50. The molecule has 7 rings (SSSR count). The Morgan fingerprint density at radius 2 is 1.89 bits per heavy atom. The molecule has 0 radical (unpaired) electrons. The predicted molar refractivity (Wildman–Crippen MR) is 161 cm³/mol. The summed E-state index contributed by atoms with van der Waals surface area (Å²) in [4.78, 5) is 18.6. The van der Waals surface area contributed by atoms with Gasteiger partial charge in [0.25, 0.3) is 5.79 Å². The molecule has 2 saturated heterocycles. The van der Waals surface area contributed by atoms with Gasteiger partial charge in [0, 0.05) is 24.1 Å². The molecule has 0 spiro atoms. The number of halogens is 3. The maximum atomic E-state index is 15.4. The van der Waals surface area contributed by atoms with Crippen LogP contribution in [0.25, 0.3) is 11.0 Å². The number of likely N-dealkylation sites (tertiary alicyclic amines) is 1. The second kappa shape index (κ2) is 11.6. The number of carbonyl (C=O) groups is 1. The van der Waals surface area contributed by atoms with Crippen molar-refractivity contribution in [1.29, 1.82) is 0 Å². The van der Waals surface area contributed by atoms with Gasteiger partial charge in [0.1, 0.15) is 17.2 Å². The fourth-order valence-corrected chi connectivity index (χ4v) is 6.54. The van der Waals surface area contributed by atoms with Crippen LogP contribution in [0.1, 0.15) is 66.8 Å². The molecule has 2 atom stereocenters. The van der Waals surface area contributed by atoms with Crippen LogP contribution in [0.3, 0.4) is 0 Å². The maximum absolute atomic E-state index is 15.4. The standard InChI is InChI=1S/C32H30ClF2N3O5.CH4/c1-32(23-7-5-19(33)15-24(23)34)42-26-4-2-3-21(30(26)43-32)18-9-12-37(13-10-18)17-27-36-25-8-6-22(31(39)40)28(35)29(25)38(27)16-20-11-14-41-20;/h2-8,15,18,20H,9-14,16-17H2,1H3,(H,39,40);1H4/t20-,32-;/m0./s1. The summed E-state index contributed by atoms with van der Waals surface area (Å²) >= 11 is 5.96. The van der Waals surface area contributed by atoms with Gasteiger partial charge in [-0.05, 0) is 74.7 Å². The first kappa shape index (κ1) is 30.3. The average molecular weight is 626 g/mol. The molecule has 0 unspecified atom stereocenters. The SMILES string of the molecule is C.C[C@]1(c2ccc(Cl)cc2F)Oc2cccc(C3CCN(Cc4nc5ccc(C(=O)O)c(F)c5n4C[C@@H]4CCO4)CC3)c2O1. The normalized spacial score (nSPS) is 21.7. The minimum absolute atomic E-state index is 0. The lowest BCUT2D eigenvalue weighted by Gasteiger charge is -2.33. The Hall–Kier alpha value is -3.73. The largest absolute Gasteiger partial charge is 0.478 e. The van der Waals surface area contributed by atoms with E-state index in [0.717, 1.165) is 37.9 Å². The van der Waals surface area contributed by atoms with Gasteiger partial charge in [0.2, 0.25) is 0 Å². The van der Waals surface area contributed by atoms with Gasteiger partial charge in [-0.15, -0.1) is 0 Å². The lowest BCUT2D eigenvalue weighted by atomic mass is 9.88. The summed E-state index contributed by atoms with van der Waals surface area (Å²) in [5, 5.41) is 9.77. The van der Waals surface area contributed by atoms with Crippen molar-refractivity contribution in [1.82, 2.24) is 14.5 Å². The van der Waals surface area contributed by atoms with Crippen molar-refractivity contribution >= 4 is 28.6 Å². The van der Waals surface area contributed by atoms with Gasteiger partial charge < -0.3 is 23.9 Å². The number of fused-ring (bicyclic) bond motifs is 2. The third-order valence-corrected chi connectivity index (χ3v) is 8.99. The van der Waals surface area contributed by atoms with Crippen molar-refractivity contribution in [3.8, 4) is 11.5 Å². The summed E-state index contributed by atoms with van der Waals surface area (Å²) in [6.45, 7) is 4.82. The minimum atomic E-state index is -1.31. The molecule has 3 aliphatic heterocycles. The predicted octanol–water partition coefficient (Wildman–Crippen LogP) is 7.11. The van der Waals surface area contributed by atoms with Gasteiger partial charge in [-0.25, -0.2) is 18.6 Å². The number of benzene rings is 3. The van der Waals surface area contributed by atoms with Crippen molar-refractivity contribution < 1.29 is 32.9 Å². The third-order valence-electron chi connectivity index (χ3n) is 8.76. The van der Waals surface area contributed by atoms with Crippen LogP contribution in [0.5, 0.6) is 11.5 Å². The number of hydrogen-bond donors (Lipinski definition) is 1. The Kier molecular flexibility index (Phi) is 8.02. The molecule has 0 amide bonds. The third kappa shape index (κ3) is 5.29. The fraction of sp³-hybridized carbons (Fsp3) is 0.394. The highest BCUT2D eigenvalue weighted by Gasteiger charge is 2.43. The molecule has 2 fully saturated rings. The van der Waals surface area contributed by atoms with Crippen LogP contribution >= 0.6 is 11.6 Å². The summed E-state index contributed by atoms with van der Waals surface area (Å²) in [6, 6.07) is 13.1. The number of carboxylic acids is 1.